The first kappa shape index (κ1) is 9.58. The van der Waals surface area contributed by atoms with Crippen LogP contribution in [0.3, 0.4) is 0 Å². The zero-order valence-corrected chi connectivity index (χ0v) is 9.82. The maximum Gasteiger partial charge on any atom is 0.228 e. The van der Waals surface area contributed by atoms with Crippen molar-refractivity contribution in [2.75, 3.05) is 10.6 Å². The van der Waals surface area contributed by atoms with E-state index in [1.165, 1.54) is 0 Å². The molecule has 1 aromatic heterocycles. The van der Waals surface area contributed by atoms with Gasteiger partial charge in [-0.2, -0.15) is 0 Å². The molecule has 2 heterocycles. The lowest BCUT2D eigenvalue weighted by Gasteiger charge is -2.06. The maximum atomic E-state index is 11.3. The van der Waals surface area contributed by atoms with Crippen molar-refractivity contribution in [3.63, 3.8) is 0 Å². The van der Waals surface area contributed by atoms with Crippen molar-refractivity contribution in [1.29, 1.82) is 0 Å². The summed E-state index contributed by atoms with van der Waals surface area (Å²) in [4.78, 5) is 19.4. The Morgan fingerprint density at radius 1 is 1.44 bits per heavy atom. The molecule has 1 amide bonds. The van der Waals surface area contributed by atoms with Crippen molar-refractivity contribution < 1.29 is 6.17 Å². The highest BCUT2D eigenvalue weighted by molar-refractivity contribution is 5.99. The Bertz CT molecular complexity index is 672. The van der Waals surface area contributed by atoms with Gasteiger partial charge in [0.15, 0.2) is 0 Å². The van der Waals surface area contributed by atoms with Crippen molar-refractivity contribution >= 4 is 23.2 Å². The molecule has 90 valence electrons. The molecule has 0 spiro atoms. The molecule has 5 nitrogen and oxygen atoms in total. The minimum Gasteiger partial charge on any atom is -0.326 e. The lowest BCUT2D eigenvalue weighted by atomic mass is 10.1. The van der Waals surface area contributed by atoms with Gasteiger partial charge in [0.25, 0.3) is 0 Å². The lowest BCUT2D eigenvalue weighted by Crippen LogP contribution is -2.03. The Hall–Kier alpha value is -2.43. The number of benzene rings is 1. The molecular weight excluding hydrogens is 228 g/mol. The van der Waals surface area contributed by atoms with E-state index >= 15 is 0 Å². The van der Waals surface area contributed by atoms with Crippen LogP contribution in [-0.4, -0.2) is 15.9 Å². The average molecular weight is 241 g/mol. The normalized spacial score (nSPS) is 13.8. The first-order chi connectivity index (χ1) is 9.11. The molecule has 1 aliphatic rings. The predicted octanol–water partition coefficient (Wildman–Crippen LogP) is 2.02. The number of anilines is 3. The van der Waals surface area contributed by atoms with Crippen LogP contribution >= 0.6 is 0 Å². The van der Waals surface area contributed by atoms with Crippen LogP contribution in [0, 0.1) is 6.92 Å². The molecule has 0 unspecified atom stereocenters. The van der Waals surface area contributed by atoms with Crippen LogP contribution in [-0.2, 0) is 11.2 Å². The smallest absolute Gasteiger partial charge is 0.228 e. The van der Waals surface area contributed by atoms with E-state index in [0.29, 0.717) is 12.4 Å². The topological polar surface area (TPSA) is 66.9 Å². The molecule has 5 heteroatoms. The third-order valence-electron chi connectivity index (χ3n) is 2.71. The van der Waals surface area contributed by atoms with Gasteiger partial charge in [0.05, 0.1) is 7.79 Å². The molecule has 18 heavy (non-hydrogen) atoms. The Morgan fingerprint density at radius 2 is 2.33 bits per heavy atom. The van der Waals surface area contributed by atoms with Crippen LogP contribution in [0.5, 0.6) is 0 Å². The summed E-state index contributed by atoms with van der Waals surface area (Å²) in [5.74, 6) is 0.389. The van der Waals surface area contributed by atoms with Crippen molar-refractivity contribution in [2.24, 2.45) is 0 Å². The van der Waals surface area contributed by atoms with Crippen molar-refractivity contribution in [3.8, 4) is 0 Å². The number of hydrogen-bond donors (Lipinski definition) is 2. The molecule has 0 radical (unpaired) electrons. The number of amides is 1. The molecule has 0 atom stereocenters. The van der Waals surface area contributed by atoms with Gasteiger partial charge in [-0.1, -0.05) is 0 Å². The summed E-state index contributed by atoms with van der Waals surface area (Å²) in [5, 5.41) is 5.81. The Kier molecular flexibility index (Phi) is 2.19. The van der Waals surface area contributed by atoms with E-state index in [-0.39, 0.29) is 12.1 Å². The minimum absolute atomic E-state index is 0.00665. The van der Waals surface area contributed by atoms with Crippen LogP contribution in [0.2, 0.25) is 0 Å². The third-order valence-corrected chi connectivity index (χ3v) is 2.71. The number of rotatable bonds is 2. The largest absolute Gasteiger partial charge is 0.326 e. The maximum absolute atomic E-state index is 11.3. The van der Waals surface area contributed by atoms with E-state index in [9.17, 15) is 4.79 Å². The summed E-state index contributed by atoms with van der Waals surface area (Å²) in [6.45, 7) is 1.79. The van der Waals surface area contributed by atoms with Gasteiger partial charge in [0.1, 0.15) is 0 Å². The first-order valence-electron chi connectivity index (χ1n) is 6.12. The number of aryl methyl sites for hydroxylation is 1. The second-order valence-electron chi connectivity index (χ2n) is 4.21. The van der Waals surface area contributed by atoms with E-state index in [4.69, 9.17) is 1.37 Å². The number of nitrogens with one attached hydrogen (secondary N) is 2. The highest BCUT2D eigenvalue weighted by Crippen LogP contribution is 2.26. The third kappa shape index (κ3) is 2.02. The standard InChI is InChI=1S/C13H12N4O/c1-8-6-14-13(15-7-8)16-10-2-3-11-9(4-10)5-12(18)17-11/h2-4,6-7H,5H2,1H3,(H,17,18)(H,14,15,16)/i6D. The summed E-state index contributed by atoms with van der Waals surface area (Å²) < 4.78 is 7.63. The van der Waals surface area contributed by atoms with Crippen LogP contribution in [0.15, 0.2) is 30.6 Å². The molecule has 0 saturated carbocycles. The Balaban J connectivity index is 1.86. The van der Waals surface area contributed by atoms with Crippen molar-refractivity contribution in [3.05, 3.63) is 41.7 Å². The molecule has 0 fully saturated rings. The zero-order chi connectivity index (χ0) is 13.4. The average Bonchev–Trinajstić information content (AvgIpc) is 2.73. The van der Waals surface area contributed by atoms with Gasteiger partial charge in [-0.25, -0.2) is 9.97 Å². The monoisotopic (exact) mass is 241 g/mol. The van der Waals surface area contributed by atoms with Crippen LogP contribution < -0.4 is 10.6 Å². The SMILES string of the molecule is [2H]c1nc(Nc2ccc3c(c2)CC(=O)N3)ncc1C. The highest BCUT2D eigenvalue weighted by atomic mass is 16.1. The summed E-state index contributed by atoms with van der Waals surface area (Å²) in [6.07, 6.45) is 2.20. The molecule has 1 aromatic carbocycles. The van der Waals surface area contributed by atoms with Gasteiger partial charge >= 0.3 is 0 Å². The van der Waals surface area contributed by atoms with Crippen molar-refractivity contribution in [2.45, 2.75) is 13.3 Å². The van der Waals surface area contributed by atoms with Gasteiger partial charge in [-0.05, 0) is 36.2 Å². The molecule has 0 aliphatic carbocycles. The van der Waals surface area contributed by atoms with Crippen molar-refractivity contribution in [1.82, 2.24) is 9.97 Å². The van der Waals surface area contributed by atoms with Gasteiger partial charge < -0.3 is 10.6 Å². The molecule has 2 aromatic rings. The highest BCUT2D eigenvalue weighted by Gasteiger charge is 2.17. The zero-order valence-electron chi connectivity index (χ0n) is 10.8. The van der Waals surface area contributed by atoms with Crippen LogP contribution in [0.4, 0.5) is 17.3 Å². The van der Waals surface area contributed by atoms with Gasteiger partial charge in [-0.15, -0.1) is 0 Å². The Morgan fingerprint density at radius 3 is 3.17 bits per heavy atom. The molecule has 1 aliphatic heterocycles. The van der Waals surface area contributed by atoms with Gasteiger partial charge in [-0.3, -0.25) is 4.79 Å². The number of carbonyl (C=O) groups is 1. The van der Waals surface area contributed by atoms with Crippen LogP contribution in [0.25, 0.3) is 0 Å². The summed E-state index contributed by atoms with van der Waals surface area (Å²) >= 11 is 0. The lowest BCUT2D eigenvalue weighted by molar-refractivity contribution is -0.115. The number of nitrogens with zero attached hydrogens (tertiary/aromatic N) is 2. The van der Waals surface area contributed by atoms with Gasteiger partial charge in [0.2, 0.25) is 11.9 Å². The number of aromatic nitrogens is 2. The molecular formula is C13H12N4O. The molecule has 0 saturated heterocycles. The quantitative estimate of drug-likeness (QED) is 0.844. The second kappa shape index (κ2) is 4.10. The first-order valence-corrected chi connectivity index (χ1v) is 5.62. The fraction of sp³-hybridized carbons (Fsp3) is 0.154. The van der Waals surface area contributed by atoms with E-state index in [1.807, 2.05) is 18.2 Å². The van der Waals surface area contributed by atoms with E-state index in [0.717, 1.165) is 22.5 Å². The van der Waals surface area contributed by atoms with Gasteiger partial charge in [0, 0.05) is 23.7 Å². The molecule has 0 bridgehead atoms. The number of fused-ring (bicyclic) bond motifs is 1. The van der Waals surface area contributed by atoms with E-state index in [2.05, 4.69) is 20.6 Å². The molecule has 3 rings (SSSR count). The number of hydrogen-bond acceptors (Lipinski definition) is 4. The van der Waals surface area contributed by atoms with E-state index in [1.54, 1.807) is 13.1 Å². The second-order valence-corrected chi connectivity index (χ2v) is 4.21. The van der Waals surface area contributed by atoms with E-state index < -0.39 is 0 Å². The minimum atomic E-state index is 0.00665. The predicted molar refractivity (Wildman–Crippen MR) is 68.8 cm³/mol. The summed E-state index contributed by atoms with van der Waals surface area (Å²) in [7, 11) is 0. The summed E-state index contributed by atoms with van der Waals surface area (Å²) in [5.41, 5.74) is 3.34. The molecule has 2 N–H and O–H groups in total. The number of carbonyl (C=O) groups excluding carboxylic acids is 1. The van der Waals surface area contributed by atoms with Crippen LogP contribution in [0.1, 0.15) is 12.5 Å². The fourth-order valence-corrected chi connectivity index (χ4v) is 1.85. The fourth-order valence-electron chi connectivity index (χ4n) is 1.85. The summed E-state index contributed by atoms with van der Waals surface area (Å²) in [6, 6.07) is 5.58. The Labute approximate surface area is 106 Å².